The van der Waals surface area contributed by atoms with Gasteiger partial charge in [-0.25, -0.2) is 0 Å². The molecule has 1 unspecified atom stereocenters. The molecular weight excluding hydrogens is 378 g/mol. The Balaban J connectivity index is 1.27. The summed E-state index contributed by atoms with van der Waals surface area (Å²) in [4.78, 5) is 40.9. The summed E-state index contributed by atoms with van der Waals surface area (Å²) in [6.07, 6.45) is 4.98. The number of aryl methyl sites for hydroxylation is 2. The SMILES string of the molecule is O=C(Nc1cccc(N2CCCC2=O)c1)C1CC(=O)N(c2ccc3c(c2)CCC3)C1. The predicted molar refractivity (Wildman–Crippen MR) is 116 cm³/mol. The van der Waals surface area contributed by atoms with Crippen LogP contribution in [0.4, 0.5) is 17.1 Å². The third-order valence-electron chi connectivity index (χ3n) is 6.39. The first-order chi connectivity index (χ1) is 14.6. The van der Waals surface area contributed by atoms with Crippen molar-refractivity contribution in [3.8, 4) is 0 Å². The normalized spacial score (nSPS) is 20.7. The van der Waals surface area contributed by atoms with Crippen LogP contribution in [0.25, 0.3) is 0 Å². The van der Waals surface area contributed by atoms with Crippen LogP contribution in [0.5, 0.6) is 0 Å². The van der Waals surface area contributed by atoms with Crippen LogP contribution >= 0.6 is 0 Å². The van der Waals surface area contributed by atoms with Gasteiger partial charge in [-0.05, 0) is 67.1 Å². The van der Waals surface area contributed by atoms with E-state index >= 15 is 0 Å². The molecule has 154 valence electrons. The lowest BCUT2D eigenvalue weighted by molar-refractivity contribution is -0.122. The molecule has 5 rings (SSSR count). The molecule has 6 nitrogen and oxygen atoms in total. The maximum absolute atomic E-state index is 12.9. The average molecular weight is 403 g/mol. The van der Waals surface area contributed by atoms with Gasteiger partial charge < -0.3 is 15.1 Å². The van der Waals surface area contributed by atoms with Gasteiger partial charge in [0.15, 0.2) is 0 Å². The zero-order valence-corrected chi connectivity index (χ0v) is 16.9. The van der Waals surface area contributed by atoms with Crippen LogP contribution in [0.1, 0.15) is 36.8 Å². The summed E-state index contributed by atoms with van der Waals surface area (Å²) in [7, 11) is 0. The molecule has 3 amide bonds. The molecule has 0 bridgehead atoms. The Morgan fingerprint density at radius 3 is 2.53 bits per heavy atom. The molecule has 30 heavy (non-hydrogen) atoms. The number of carbonyl (C=O) groups excluding carboxylic acids is 3. The maximum Gasteiger partial charge on any atom is 0.229 e. The van der Waals surface area contributed by atoms with Crippen LogP contribution in [0.2, 0.25) is 0 Å². The minimum atomic E-state index is -0.386. The minimum Gasteiger partial charge on any atom is -0.326 e. The number of hydrogen-bond acceptors (Lipinski definition) is 3. The number of nitrogens with one attached hydrogen (secondary N) is 1. The van der Waals surface area contributed by atoms with E-state index in [-0.39, 0.29) is 30.1 Å². The smallest absolute Gasteiger partial charge is 0.229 e. The van der Waals surface area contributed by atoms with Gasteiger partial charge in [-0.1, -0.05) is 12.1 Å². The molecule has 0 radical (unpaired) electrons. The van der Waals surface area contributed by atoms with E-state index in [1.165, 1.54) is 17.5 Å². The summed E-state index contributed by atoms with van der Waals surface area (Å²) >= 11 is 0. The maximum atomic E-state index is 12.9. The van der Waals surface area contributed by atoms with Crippen molar-refractivity contribution in [1.29, 1.82) is 0 Å². The van der Waals surface area contributed by atoms with Gasteiger partial charge in [-0.3, -0.25) is 14.4 Å². The van der Waals surface area contributed by atoms with Gasteiger partial charge >= 0.3 is 0 Å². The van der Waals surface area contributed by atoms with Crippen LogP contribution in [-0.4, -0.2) is 30.8 Å². The second kappa shape index (κ2) is 7.59. The summed E-state index contributed by atoms with van der Waals surface area (Å²) in [5.41, 5.74) is 5.04. The van der Waals surface area contributed by atoms with E-state index in [0.29, 0.717) is 25.2 Å². The van der Waals surface area contributed by atoms with Gasteiger partial charge in [-0.2, -0.15) is 0 Å². The van der Waals surface area contributed by atoms with Gasteiger partial charge in [-0.15, -0.1) is 0 Å². The van der Waals surface area contributed by atoms with Gasteiger partial charge in [0.1, 0.15) is 0 Å². The first-order valence-electron chi connectivity index (χ1n) is 10.7. The summed E-state index contributed by atoms with van der Waals surface area (Å²) in [5, 5.41) is 2.94. The van der Waals surface area contributed by atoms with Crippen molar-refractivity contribution in [3.63, 3.8) is 0 Å². The zero-order valence-electron chi connectivity index (χ0n) is 16.9. The van der Waals surface area contributed by atoms with Crippen molar-refractivity contribution in [2.45, 2.75) is 38.5 Å². The monoisotopic (exact) mass is 403 g/mol. The highest BCUT2D eigenvalue weighted by Gasteiger charge is 2.35. The van der Waals surface area contributed by atoms with E-state index in [0.717, 1.165) is 30.6 Å². The Labute approximate surface area is 175 Å². The molecule has 2 aromatic rings. The standard InChI is InChI=1S/C24H25N3O3/c28-22-8-3-11-26(22)20-7-2-6-19(14-20)25-24(30)18-13-23(29)27(15-18)21-10-9-16-4-1-5-17(16)12-21/h2,6-7,9-10,12,14,18H,1,3-5,8,11,13,15H2,(H,25,30). The molecule has 6 heteroatoms. The lowest BCUT2D eigenvalue weighted by Gasteiger charge is -2.19. The van der Waals surface area contributed by atoms with Crippen molar-refractivity contribution in [1.82, 2.24) is 0 Å². The number of carbonyl (C=O) groups is 3. The van der Waals surface area contributed by atoms with Gasteiger partial charge in [0.05, 0.1) is 5.92 Å². The first-order valence-corrected chi connectivity index (χ1v) is 10.7. The molecule has 0 saturated carbocycles. The Morgan fingerprint density at radius 2 is 1.70 bits per heavy atom. The lowest BCUT2D eigenvalue weighted by atomic mass is 10.1. The van der Waals surface area contributed by atoms with E-state index in [1.807, 2.05) is 30.3 Å². The Morgan fingerprint density at radius 1 is 0.867 bits per heavy atom. The fraction of sp³-hybridized carbons (Fsp3) is 0.375. The second-order valence-corrected chi connectivity index (χ2v) is 8.40. The summed E-state index contributed by atoms with van der Waals surface area (Å²) < 4.78 is 0. The predicted octanol–water partition coefficient (Wildman–Crippen LogP) is 3.29. The minimum absolute atomic E-state index is 0.00971. The molecule has 2 heterocycles. The number of anilines is 3. The Hall–Kier alpha value is -3.15. The van der Waals surface area contributed by atoms with E-state index in [1.54, 1.807) is 9.80 Å². The van der Waals surface area contributed by atoms with Crippen LogP contribution in [-0.2, 0) is 27.2 Å². The first kappa shape index (κ1) is 18.9. The quantitative estimate of drug-likeness (QED) is 0.852. The van der Waals surface area contributed by atoms with Gasteiger partial charge in [0.2, 0.25) is 17.7 Å². The van der Waals surface area contributed by atoms with E-state index in [4.69, 9.17) is 0 Å². The van der Waals surface area contributed by atoms with Crippen molar-refractivity contribution in [3.05, 3.63) is 53.6 Å². The van der Waals surface area contributed by atoms with Crippen molar-refractivity contribution >= 4 is 34.8 Å². The Kier molecular flexibility index (Phi) is 4.77. The molecule has 3 aliphatic rings. The molecule has 0 spiro atoms. The van der Waals surface area contributed by atoms with Crippen LogP contribution in [0, 0.1) is 5.92 Å². The van der Waals surface area contributed by atoms with Crippen molar-refractivity contribution < 1.29 is 14.4 Å². The highest BCUT2D eigenvalue weighted by molar-refractivity contribution is 6.04. The number of rotatable bonds is 4. The Bertz CT molecular complexity index is 1030. The number of fused-ring (bicyclic) bond motifs is 1. The molecule has 0 aromatic heterocycles. The van der Waals surface area contributed by atoms with Crippen molar-refractivity contribution in [2.24, 2.45) is 5.92 Å². The van der Waals surface area contributed by atoms with Gasteiger partial charge in [0, 0.05) is 43.0 Å². The summed E-state index contributed by atoms with van der Waals surface area (Å²) in [6.45, 7) is 1.11. The fourth-order valence-corrected chi connectivity index (χ4v) is 4.78. The molecule has 1 atom stereocenters. The number of amides is 3. The van der Waals surface area contributed by atoms with Crippen LogP contribution < -0.4 is 15.1 Å². The fourth-order valence-electron chi connectivity index (χ4n) is 4.78. The molecule has 2 fully saturated rings. The molecule has 2 saturated heterocycles. The van der Waals surface area contributed by atoms with Crippen LogP contribution in [0.15, 0.2) is 42.5 Å². The van der Waals surface area contributed by atoms with Crippen molar-refractivity contribution in [2.75, 3.05) is 28.2 Å². The number of hydrogen-bond donors (Lipinski definition) is 1. The molecule has 2 aromatic carbocycles. The molecule has 2 aliphatic heterocycles. The summed E-state index contributed by atoms with van der Waals surface area (Å²) in [5.74, 6) is -0.436. The third kappa shape index (κ3) is 3.47. The average Bonchev–Trinajstić information content (AvgIpc) is 3.47. The molecule has 1 N–H and O–H groups in total. The van der Waals surface area contributed by atoms with E-state index < -0.39 is 0 Å². The third-order valence-corrected chi connectivity index (χ3v) is 6.39. The number of benzene rings is 2. The topological polar surface area (TPSA) is 69.7 Å². The zero-order chi connectivity index (χ0) is 20.7. The second-order valence-electron chi connectivity index (χ2n) is 8.40. The van der Waals surface area contributed by atoms with E-state index in [9.17, 15) is 14.4 Å². The van der Waals surface area contributed by atoms with Gasteiger partial charge in [0.25, 0.3) is 0 Å². The van der Waals surface area contributed by atoms with Crippen LogP contribution in [0.3, 0.4) is 0 Å². The highest BCUT2D eigenvalue weighted by Crippen LogP contribution is 2.31. The highest BCUT2D eigenvalue weighted by atomic mass is 16.2. The number of nitrogens with zero attached hydrogens (tertiary/aromatic N) is 2. The van der Waals surface area contributed by atoms with E-state index in [2.05, 4.69) is 17.4 Å². The summed E-state index contributed by atoms with van der Waals surface area (Å²) in [6, 6.07) is 13.6. The molecule has 1 aliphatic carbocycles. The largest absolute Gasteiger partial charge is 0.326 e. The lowest BCUT2D eigenvalue weighted by Crippen LogP contribution is -2.28. The molecular formula is C24H25N3O3.